The first-order valence-electron chi connectivity index (χ1n) is 4.99. The summed E-state index contributed by atoms with van der Waals surface area (Å²) < 4.78 is 0. The molecular weight excluding hydrogens is 200 g/mol. The lowest BCUT2D eigenvalue weighted by Crippen LogP contribution is -1.89. The summed E-state index contributed by atoms with van der Waals surface area (Å²) in [7, 11) is 0. The van der Waals surface area contributed by atoms with Gasteiger partial charge in [-0.25, -0.2) is 0 Å². The number of rotatable bonds is 1. The monoisotopic (exact) mass is 210 g/mol. The Morgan fingerprint density at radius 3 is 2.81 bits per heavy atom. The smallest absolute Gasteiger partial charge is 0.0887 e. The molecule has 16 heavy (non-hydrogen) atoms. The number of nitrogen functional groups attached to an aromatic ring is 1. The Bertz CT molecular complexity index is 637. The maximum Gasteiger partial charge on any atom is 0.0887 e. The lowest BCUT2D eigenvalue weighted by Gasteiger charge is -2.04. The van der Waals surface area contributed by atoms with Gasteiger partial charge in [0.2, 0.25) is 0 Å². The van der Waals surface area contributed by atoms with Crippen molar-refractivity contribution in [3.8, 4) is 11.3 Å². The molecular formula is C12H10N4. The van der Waals surface area contributed by atoms with Gasteiger partial charge in [-0.2, -0.15) is 5.10 Å². The number of hydrogen-bond donors (Lipinski definition) is 2. The molecule has 3 rings (SSSR count). The first-order valence-corrected chi connectivity index (χ1v) is 4.99. The van der Waals surface area contributed by atoms with E-state index in [4.69, 9.17) is 5.73 Å². The van der Waals surface area contributed by atoms with Gasteiger partial charge in [-0.1, -0.05) is 18.2 Å². The Balaban J connectivity index is 2.36. The van der Waals surface area contributed by atoms with Crippen molar-refractivity contribution in [3.63, 3.8) is 0 Å². The average molecular weight is 210 g/mol. The van der Waals surface area contributed by atoms with Gasteiger partial charge in [0.25, 0.3) is 0 Å². The van der Waals surface area contributed by atoms with Crippen molar-refractivity contribution in [2.45, 2.75) is 0 Å². The normalized spacial score (nSPS) is 10.8. The van der Waals surface area contributed by atoms with E-state index in [0.29, 0.717) is 5.69 Å². The van der Waals surface area contributed by atoms with Crippen LogP contribution < -0.4 is 5.73 Å². The van der Waals surface area contributed by atoms with Crippen LogP contribution in [0.5, 0.6) is 0 Å². The number of aromatic nitrogens is 3. The van der Waals surface area contributed by atoms with E-state index in [9.17, 15) is 0 Å². The summed E-state index contributed by atoms with van der Waals surface area (Å²) in [6.45, 7) is 0. The van der Waals surface area contributed by atoms with Crippen molar-refractivity contribution in [1.82, 2.24) is 15.2 Å². The average Bonchev–Trinajstić information content (AvgIpc) is 2.75. The molecule has 0 fully saturated rings. The Kier molecular flexibility index (Phi) is 1.86. The SMILES string of the molecule is Nc1cn[nH]c1-c1ccnc2ccccc12. The van der Waals surface area contributed by atoms with Gasteiger partial charge in [-0.3, -0.25) is 10.1 Å². The van der Waals surface area contributed by atoms with Crippen LogP contribution in [0.4, 0.5) is 5.69 Å². The van der Waals surface area contributed by atoms with Crippen molar-refractivity contribution >= 4 is 16.6 Å². The second kappa shape index (κ2) is 3.34. The maximum absolute atomic E-state index is 5.85. The number of pyridine rings is 1. The van der Waals surface area contributed by atoms with Crippen LogP contribution in [-0.4, -0.2) is 15.2 Å². The quantitative estimate of drug-likeness (QED) is 0.647. The van der Waals surface area contributed by atoms with Gasteiger partial charge in [-0.15, -0.1) is 0 Å². The third kappa shape index (κ3) is 1.24. The molecule has 2 heterocycles. The minimum Gasteiger partial charge on any atom is -0.396 e. The predicted molar refractivity (Wildman–Crippen MR) is 63.7 cm³/mol. The molecule has 3 aromatic rings. The molecule has 0 amide bonds. The number of para-hydroxylation sites is 1. The zero-order chi connectivity index (χ0) is 11.0. The Hall–Kier alpha value is -2.36. The molecule has 4 nitrogen and oxygen atoms in total. The third-order valence-electron chi connectivity index (χ3n) is 2.59. The number of nitrogens with two attached hydrogens (primary N) is 1. The second-order valence-electron chi connectivity index (χ2n) is 3.58. The molecule has 0 saturated heterocycles. The topological polar surface area (TPSA) is 67.6 Å². The summed E-state index contributed by atoms with van der Waals surface area (Å²) in [6.07, 6.45) is 3.39. The van der Waals surface area contributed by atoms with Crippen LogP contribution in [0.15, 0.2) is 42.7 Å². The van der Waals surface area contributed by atoms with Gasteiger partial charge in [0.1, 0.15) is 0 Å². The number of H-pyrrole nitrogens is 1. The molecule has 4 heteroatoms. The lowest BCUT2D eigenvalue weighted by molar-refractivity contribution is 1.10. The molecule has 3 N–H and O–H groups in total. The van der Waals surface area contributed by atoms with Gasteiger partial charge in [0.05, 0.1) is 23.1 Å². The zero-order valence-electron chi connectivity index (χ0n) is 8.51. The van der Waals surface area contributed by atoms with Crippen LogP contribution in [0.2, 0.25) is 0 Å². The van der Waals surface area contributed by atoms with Crippen LogP contribution in [0.25, 0.3) is 22.2 Å². The van der Waals surface area contributed by atoms with E-state index in [-0.39, 0.29) is 0 Å². The van der Waals surface area contributed by atoms with Gasteiger partial charge >= 0.3 is 0 Å². The highest BCUT2D eigenvalue weighted by Gasteiger charge is 2.08. The molecule has 0 unspecified atom stereocenters. The molecule has 0 bridgehead atoms. The van der Waals surface area contributed by atoms with Gasteiger partial charge in [0, 0.05) is 17.1 Å². The molecule has 0 atom stereocenters. The van der Waals surface area contributed by atoms with E-state index in [1.165, 1.54) is 0 Å². The highest BCUT2D eigenvalue weighted by atomic mass is 15.1. The molecule has 0 aliphatic rings. The predicted octanol–water partition coefficient (Wildman–Crippen LogP) is 2.21. The highest BCUT2D eigenvalue weighted by molar-refractivity contribution is 5.95. The molecule has 0 radical (unpaired) electrons. The molecule has 78 valence electrons. The number of nitrogens with one attached hydrogen (secondary N) is 1. The maximum atomic E-state index is 5.85. The lowest BCUT2D eigenvalue weighted by atomic mass is 10.1. The number of hydrogen-bond acceptors (Lipinski definition) is 3. The van der Waals surface area contributed by atoms with Gasteiger partial charge in [0.15, 0.2) is 0 Å². The first-order chi connectivity index (χ1) is 7.86. The zero-order valence-corrected chi connectivity index (χ0v) is 8.51. The molecule has 0 aliphatic carbocycles. The van der Waals surface area contributed by atoms with Crippen LogP contribution in [0, 0.1) is 0 Å². The van der Waals surface area contributed by atoms with Crippen molar-refractivity contribution in [1.29, 1.82) is 0 Å². The van der Waals surface area contributed by atoms with E-state index in [1.54, 1.807) is 12.4 Å². The molecule has 1 aromatic carbocycles. The fourth-order valence-electron chi connectivity index (χ4n) is 1.83. The summed E-state index contributed by atoms with van der Waals surface area (Å²) in [5, 5.41) is 7.92. The first kappa shape index (κ1) is 8.91. The van der Waals surface area contributed by atoms with Gasteiger partial charge in [-0.05, 0) is 12.1 Å². The number of fused-ring (bicyclic) bond motifs is 1. The number of aromatic amines is 1. The minimum atomic E-state index is 0.649. The van der Waals surface area contributed by atoms with Crippen molar-refractivity contribution < 1.29 is 0 Å². The molecule has 2 aromatic heterocycles. The standard InChI is InChI=1S/C12H10N4/c13-10-7-15-16-12(10)9-5-6-14-11-4-2-1-3-8(9)11/h1-7H,13H2,(H,15,16). The highest BCUT2D eigenvalue weighted by Crippen LogP contribution is 2.28. The summed E-state index contributed by atoms with van der Waals surface area (Å²) in [4.78, 5) is 4.31. The van der Waals surface area contributed by atoms with Crippen LogP contribution in [0.3, 0.4) is 0 Å². The number of nitrogens with zero attached hydrogens (tertiary/aromatic N) is 2. The van der Waals surface area contributed by atoms with Crippen molar-refractivity contribution in [2.75, 3.05) is 5.73 Å². The van der Waals surface area contributed by atoms with E-state index in [2.05, 4.69) is 15.2 Å². The van der Waals surface area contributed by atoms with Crippen LogP contribution >= 0.6 is 0 Å². The van der Waals surface area contributed by atoms with Gasteiger partial charge < -0.3 is 5.73 Å². The summed E-state index contributed by atoms with van der Waals surface area (Å²) in [6, 6.07) is 9.89. The fourth-order valence-corrected chi connectivity index (χ4v) is 1.83. The Morgan fingerprint density at radius 2 is 2.00 bits per heavy atom. The van der Waals surface area contributed by atoms with E-state index in [1.807, 2.05) is 30.3 Å². The Morgan fingerprint density at radius 1 is 1.12 bits per heavy atom. The van der Waals surface area contributed by atoms with E-state index >= 15 is 0 Å². The van der Waals surface area contributed by atoms with Crippen LogP contribution in [0.1, 0.15) is 0 Å². The molecule has 0 spiro atoms. The Labute approximate surface area is 92.1 Å². The van der Waals surface area contributed by atoms with Crippen LogP contribution in [-0.2, 0) is 0 Å². The molecule has 0 aliphatic heterocycles. The van der Waals surface area contributed by atoms with E-state index < -0.39 is 0 Å². The minimum absolute atomic E-state index is 0.649. The van der Waals surface area contributed by atoms with E-state index in [0.717, 1.165) is 22.2 Å². The second-order valence-corrected chi connectivity index (χ2v) is 3.58. The summed E-state index contributed by atoms with van der Waals surface area (Å²) in [5.41, 5.74) is 9.33. The number of benzene rings is 1. The summed E-state index contributed by atoms with van der Waals surface area (Å²) in [5.74, 6) is 0. The fraction of sp³-hybridized carbons (Fsp3) is 0. The van der Waals surface area contributed by atoms with Crippen molar-refractivity contribution in [2.24, 2.45) is 0 Å². The van der Waals surface area contributed by atoms with Crippen molar-refractivity contribution in [3.05, 3.63) is 42.7 Å². The summed E-state index contributed by atoms with van der Waals surface area (Å²) >= 11 is 0. The third-order valence-corrected chi connectivity index (χ3v) is 2.59. The number of anilines is 1. The largest absolute Gasteiger partial charge is 0.396 e. The molecule has 0 saturated carbocycles.